The van der Waals surface area contributed by atoms with Crippen molar-refractivity contribution < 1.29 is 4.74 Å². The average molecular weight is 224 g/mol. The first-order chi connectivity index (χ1) is 7.28. The summed E-state index contributed by atoms with van der Waals surface area (Å²) in [6.07, 6.45) is 1.60. The molecule has 1 aromatic carbocycles. The van der Waals surface area contributed by atoms with Crippen LogP contribution < -0.4 is 4.74 Å². The molecule has 0 aliphatic carbocycles. The standard InChI is InChI=1S/C10H10ClN3O/c1-15-9-4-2-8(3-5-9)6-14-7-12-10(11)13-14/h2-5,7H,6H2,1H3. The fourth-order valence-corrected chi connectivity index (χ4v) is 1.41. The lowest BCUT2D eigenvalue weighted by atomic mass is 10.2. The molecule has 15 heavy (non-hydrogen) atoms. The monoisotopic (exact) mass is 223 g/mol. The van der Waals surface area contributed by atoms with Gasteiger partial charge in [0.25, 0.3) is 0 Å². The normalized spacial score (nSPS) is 10.3. The van der Waals surface area contributed by atoms with Crippen LogP contribution in [-0.2, 0) is 6.54 Å². The summed E-state index contributed by atoms with van der Waals surface area (Å²) in [7, 11) is 1.65. The van der Waals surface area contributed by atoms with Crippen molar-refractivity contribution in [1.29, 1.82) is 0 Å². The van der Waals surface area contributed by atoms with E-state index in [0.717, 1.165) is 11.3 Å². The van der Waals surface area contributed by atoms with Gasteiger partial charge in [0.15, 0.2) is 0 Å². The smallest absolute Gasteiger partial charge is 0.242 e. The van der Waals surface area contributed by atoms with Gasteiger partial charge in [0.2, 0.25) is 5.28 Å². The topological polar surface area (TPSA) is 39.9 Å². The van der Waals surface area contributed by atoms with E-state index in [-0.39, 0.29) is 5.28 Å². The summed E-state index contributed by atoms with van der Waals surface area (Å²) in [5.74, 6) is 0.843. The van der Waals surface area contributed by atoms with Crippen LogP contribution in [0.4, 0.5) is 0 Å². The van der Waals surface area contributed by atoms with Crippen LogP contribution in [0.5, 0.6) is 5.75 Å². The molecule has 0 N–H and O–H groups in total. The van der Waals surface area contributed by atoms with E-state index in [0.29, 0.717) is 6.54 Å². The van der Waals surface area contributed by atoms with Crippen molar-refractivity contribution >= 4 is 11.6 Å². The van der Waals surface area contributed by atoms with E-state index in [1.165, 1.54) is 0 Å². The Morgan fingerprint density at radius 2 is 2.07 bits per heavy atom. The second kappa shape index (κ2) is 4.31. The average Bonchev–Trinajstić information content (AvgIpc) is 2.65. The highest BCUT2D eigenvalue weighted by Gasteiger charge is 1.99. The summed E-state index contributed by atoms with van der Waals surface area (Å²) in [4.78, 5) is 3.84. The van der Waals surface area contributed by atoms with Crippen molar-refractivity contribution in [2.24, 2.45) is 0 Å². The van der Waals surface area contributed by atoms with Crippen molar-refractivity contribution in [3.8, 4) is 5.75 Å². The van der Waals surface area contributed by atoms with E-state index < -0.39 is 0 Å². The molecule has 0 radical (unpaired) electrons. The Balaban J connectivity index is 2.11. The summed E-state index contributed by atoms with van der Waals surface area (Å²) < 4.78 is 6.75. The lowest BCUT2D eigenvalue weighted by Gasteiger charge is -2.02. The third kappa shape index (κ3) is 2.47. The highest BCUT2D eigenvalue weighted by atomic mass is 35.5. The molecule has 78 valence electrons. The Morgan fingerprint density at radius 1 is 1.33 bits per heavy atom. The molecule has 2 rings (SSSR count). The molecule has 0 atom stereocenters. The van der Waals surface area contributed by atoms with Crippen LogP contribution in [0.25, 0.3) is 0 Å². The molecule has 2 aromatic rings. The number of aromatic nitrogens is 3. The van der Waals surface area contributed by atoms with Gasteiger partial charge in [-0.1, -0.05) is 12.1 Å². The van der Waals surface area contributed by atoms with E-state index in [2.05, 4.69) is 10.1 Å². The van der Waals surface area contributed by atoms with E-state index >= 15 is 0 Å². The second-order valence-electron chi connectivity index (χ2n) is 3.06. The number of methoxy groups -OCH3 is 1. The molecule has 1 heterocycles. The minimum atomic E-state index is 0.267. The van der Waals surface area contributed by atoms with Crippen molar-refractivity contribution in [2.45, 2.75) is 6.54 Å². The second-order valence-corrected chi connectivity index (χ2v) is 3.40. The van der Waals surface area contributed by atoms with Gasteiger partial charge in [-0.25, -0.2) is 9.67 Å². The first kappa shape index (κ1) is 9.98. The zero-order valence-corrected chi connectivity index (χ0v) is 8.98. The Kier molecular flexibility index (Phi) is 2.87. The lowest BCUT2D eigenvalue weighted by Crippen LogP contribution is -1.99. The van der Waals surface area contributed by atoms with E-state index in [9.17, 15) is 0 Å². The fraction of sp³-hybridized carbons (Fsp3) is 0.200. The number of benzene rings is 1. The molecular formula is C10H10ClN3O. The van der Waals surface area contributed by atoms with Gasteiger partial charge in [0, 0.05) is 0 Å². The third-order valence-corrected chi connectivity index (χ3v) is 2.19. The number of halogens is 1. The Morgan fingerprint density at radius 3 is 2.60 bits per heavy atom. The zero-order chi connectivity index (χ0) is 10.7. The maximum absolute atomic E-state index is 5.61. The summed E-state index contributed by atoms with van der Waals surface area (Å²) in [6.45, 7) is 0.656. The number of ether oxygens (including phenoxy) is 1. The van der Waals surface area contributed by atoms with E-state index in [1.807, 2.05) is 24.3 Å². The fourth-order valence-electron chi connectivity index (χ4n) is 1.27. The summed E-state index contributed by atoms with van der Waals surface area (Å²) >= 11 is 5.61. The molecular weight excluding hydrogens is 214 g/mol. The summed E-state index contributed by atoms with van der Waals surface area (Å²) in [5.41, 5.74) is 1.12. The van der Waals surface area contributed by atoms with Crippen LogP contribution in [0.3, 0.4) is 0 Å². The largest absolute Gasteiger partial charge is 0.497 e. The molecule has 0 bridgehead atoms. The van der Waals surface area contributed by atoms with Crippen LogP contribution in [0.15, 0.2) is 30.6 Å². The molecule has 0 spiro atoms. The molecule has 0 aliphatic rings. The molecule has 0 fully saturated rings. The van der Waals surface area contributed by atoms with Gasteiger partial charge in [0.05, 0.1) is 13.7 Å². The summed E-state index contributed by atoms with van der Waals surface area (Å²) in [6, 6.07) is 7.78. The van der Waals surface area contributed by atoms with E-state index in [1.54, 1.807) is 18.1 Å². The molecule has 5 heteroatoms. The molecule has 0 saturated carbocycles. The molecule has 0 amide bonds. The minimum Gasteiger partial charge on any atom is -0.497 e. The van der Waals surface area contributed by atoms with Gasteiger partial charge >= 0.3 is 0 Å². The van der Waals surface area contributed by atoms with Gasteiger partial charge < -0.3 is 4.74 Å². The predicted octanol–water partition coefficient (Wildman–Crippen LogP) is 1.99. The molecule has 1 aromatic heterocycles. The third-order valence-electron chi connectivity index (χ3n) is 2.01. The van der Waals surface area contributed by atoms with Gasteiger partial charge in [-0.05, 0) is 29.3 Å². The first-order valence-corrected chi connectivity index (χ1v) is 4.83. The Hall–Kier alpha value is -1.55. The van der Waals surface area contributed by atoms with Crippen LogP contribution in [0, 0.1) is 0 Å². The van der Waals surface area contributed by atoms with Gasteiger partial charge in [-0.3, -0.25) is 0 Å². The van der Waals surface area contributed by atoms with E-state index in [4.69, 9.17) is 16.3 Å². The zero-order valence-electron chi connectivity index (χ0n) is 8.22. The van der Waals surface area contributed by atoms with Crippen LogP contribution in [-0.4, -0.2) is 21.9 Å². The van der Waals surface area contributed by atoms with Crippen molar-refractivity contribution in [2.75, 3.05) is 7.11 Å². The highest BCUT2D eigenvalue weighted by Crippen LogP contribution is 2.12. The van der Waals surface area contributed by atoms with Gasteiger partial charge in [-0.2, -0.15) is 0 Å². The van der Waals surface area contributed by atoms with Crippen molar-refractivity contribution in [3.63, 3.8) is 0 Å². The minimum absolute atomic E-state index is 0.267. The SMILES string of the molecule is COc1ccc(Cn2cnc(Cl)n2)cc1. The number of nitrogens with zero attached hydrogens (tertiary/aromatic N) is 3. The van der Waals surface area contributed by atoms with Crippen molar-refractivity contribution in [3.05, 3.63) is 41.4 Å². The van der Waals surface area contributed by atoms with Crippen LogP contribution in [0.2, 0.25) is 5.28 Å². The molecule has 0 unspecified atom stereocenters. The number of hydrogen-bond donors (Lipinski definition) is 0. The highest BCUT2D eigenvalue weighted by molar-refractivity contribution is 6.28. The van der Waals surface area contributed by atoms with Crippen molar-refractivity contribution in [1.82, 2.24) is 14.8 Å². The molecule has 4 nitrogen and oxygen atoms in total. The maximum atomic E-state index is 5.61. The maximum Gasteiger partial charge on any atom is 0.242 e. The Bertz CT molecular complexity index is 438. The number of rotatable bonds is 3. The lowest BCUT2D eigenvalue weighted by molar-refractivity contribution is 0.414. The van der Waals surface area contributed by atoms with Crippen LogP contribution in [0.1, 0.15) is 5.56 Å². The molecule has 0 aliphatic heterocycles. The quantitative estimate of drug-likeness (QED) is 0.799. The summed E-state index contributed by atoms with van der Waals surface area (Å²) in [5, 5.41) is 4.26. The molecule has 0 saturated heterocycles. The van der Waals surface area contributed by atoms with Gasteiger partial charge in [0.1, 0.15) is 12.1 Å². The van der Waals surface area contributed by atoms with Gasteiger partial charge in [-0.15, -0.1) is 5.10 Å². The predicted molar refractivity (Wildman–Crippen MR) is 57.1 cm³/mol. The number of hydrogen-bond acceptors (Lipinski definition) is 3. The first-order valence-electron chi connectivity index (χ1n) is 4.46. The Labute approximate surface area is 92.5 Å². The van der Waals surface area contributed by atoms with Crippen LogP contribution >= 0.6 is 11.6 Å².